The van der Waals surface area contributed by atoms with E-state index in [0.717, 1.165) is 17.7 Å². The van der Waals surface area contributed by atoms with E-state index in [4.69, 9.17) is 22.1 Å². The molecule has 4 nitrogen and oxygen atoms in total. The predicted molar refractivity (Wildman–Crippen MR) is 102 cm³/mol. The molecule has 1 heterocycles. The average Bonchev–Trinajstić information content (AvgIpc) is 2.68. The number of anilines is 1. The predicted octanol–water partition coefficient (Wildman–Crippen LogP) is 5.54. The summed E-state index contributed by atoms with van der Waals surface area (Å²) in [6, 6.07) is 9.23. The average molecular weight is 411 g/mol. The maximum Gasteiger partial charge on any atom is 0.416 e. The fourth-order valence-electron chi connectivity index (χ4n) is 3.27. The maximum absolute atomic E-state index is 13.1. The zero-order valence-electron chi connectivity index (χ0n) is 15.0. The minimum Gasteiger partial charge on any atom is -0.453 e. The molecule has 0 bridgehead atoms. The molecule has 1 amide bonds. The van der Waals surface area contributed by atoms with Crippen LogP contribution in [0.2, 0.25) is 5.02 Å². The molecule has 0 saturated carbocycles. The number of methoxy groups -OCH3 is 1. The van der Waals surface area contributed by atoms with Gasteiger partial charge in [-0.3, -0.25) is 4.90 Å². The summed E-state index contributed by atoms with van der Waals surface area (Å²) in [5.74, 6) is 0. The first-order valence-electron chi connectivity index (χ1n) is 8.48. The van der Waals surface area contributed by atoms with Gasteiger partial charge in [-0.15, -0.1) is 0 Å². The van der Waals surface area contributed by atoms with E-state index < -0.39 is 23.9 Å². The monoisotopic (exact) mass is 410 g/mol. The summed E-state index contributed by atoms with van der Waals surface area (Å²) in [6.45, 7) is 0.269. The summed E-state index contributed by atoms with van der Waals surface area (Å²) in [5.41, 5.74) is 7.62. The van der Waals surface area contributed by atoms with Crippen molar-refractivity contribution in [2.24, 2.45) is 0 Å². The van der Waals surface area contributed by atoms with Gasteiger partial charge >= 0.3 is 12.3 Å². The van der Waals surface area contributed by atoms with E-state index in [1.165, 1.54) is 18.1 Å². The van der Waals surface area contributed by atoms with Crippen LogP contribution in [0.5, 0.6) is 0 Å². The number of rotatable bonds is 2. The van der Waals surface area contributed by atoms with Crippen LogP contribution in [0.1, 0.15) is 29.2 Å². The molecule has 1 unspecified atom stereocenters. The number of benzene rings is 2. The molecule has 0 fully saturated rings. The van der Waals surface area contributed by atoms with E-state index in [-0.39, 0.29) is 6.54 Å². The molecular formula is C20H18ClF3N2O2. The van der Waals surface area contributed by atoms with Crippen LogP contribution in [-0.4, -0.2) is 24.6 Å². The van der Waals surface area contributed by atoms with Gasteiger partial charge in [-0.1, -0.05) is 29.8 Å². The van der Waals surface area contributed by atoms with Crippen LogP contribution in [-0.2, 0) is 10.9 Å². The van der Waals surface area contributed by atoms with Crippen LogP contribution in [0.25, 0.3) is 5.57 Å². The highest BCUT2D eigenvalue weighted by atomic mass is 35.5. The summed E-state index contributed by atoms with van der Waals surface area (Å²) in [5, 5.41) is 0.496. The van der Waals surface area contributed by atoms with E-state index in [1.54, 1.807) is 30.3 Å². The number of nitrogens with two attached hydrogens (primary N) is 1. The van der Waals surface area contributed by atoms with Crippen molar-refractivity contribution >= 4 is 29.0 Å². The third kappa shape index (κ3) is 4.09. The van der Waals surface area contributed by atoms with Crippen molar-refractivity contribution < 1.29 is 22.7 Å². The van der Waals surface area contributed by atoms with Gasteiger partial charge in [0.1, 0.15) is 0 Å². The van der Waals surface area contributed by atoms with Crippen molar-refractivity contribution in [3.63, 3.8) is 0 Å². The van der Waals surface area contributed by atoms with E-state index >= 15 is 0 Å². The first kappa shape index (κ1) is 20.1. The molecule has 2 aromatic carbocycles. The van der Waals surface area contributed by atoms with E-state index in [0.29, 0.717) is 28.3 Å². The van der Waals surface area contributed by atoms with Gasteiger partial charge in [-0.05, 0) is 47.9 Å². The van der Waals surface area contributed by atoms with Gasteiger partial charge in [0.25, 0.3) is 0 Å². The molecule has 0 aromatic heterocycles. The molecule has 0 aliphatic carbocycles. The van der Waals surface area contributed by atoms with Crippen molar-refractivity contribution in [3.05, 3.63) is 70.3 Å². The van der Waals surface area contributed by atoms with Crippen molar-refractivity contribution in [3.8, 4) is 0 Å². The lowest BCUT2D eigenvalue weighted by Crippen LogP contribution is -2.37. The van der Waals surface area contributed by atoms with E-state index in [9.17, 15) is 18.0 Å². The third-order valence-electron chi connectivity index (χ3n) is 4.64. The van der Waals surface area contributed by atoms with Crippen molar-refractivity contribution in [2.45, 2.75) is 18.6 Å². The van der Waals surface area contributed by atoms with Gasteiger partial charge in [0.05, 0.1) is 18.7 Å². The molecule has 1 aliphatic rings. The van der Waals surface area contributed by atoms with Gasteiger partial charge in [0.15, 0.2) is 0 Å². The Morgan fingerprint density at radius 2 is 2.00 bits per heavy atom. The van der Waals surface area contributed by atoms with Gasteiger partial charge in [0.2, 0.25) is 0 Å². The molecule has 3 rings (SSSR count). The highest BCUT2D eigenvalue weighted by Gasteiger charge is 2.33. The van der Waals surface area contributed by atoms with Crippen molar-refractivity contribution in [1.82, 2.24) is 4.90 Å². The highest BCUT2D eigenvalue weighted by Crippen LogP contribution is 2.38. The highest BCUT2D eigenvalue weighted by molar-refractivity contribution is 6.30. The lowest BCUT2D eigenvalue weighted by atomic mass is 9.91. The molecule has 1 aliphatic heterocycles. The third-order valence-corrected chi connectivity index (χ3v) is 4.88. The number of carbonyl (C=O) groups is 1. The number of amides is 1. The Bertz CT molecular complexity index is 928. The first-order valence-corrected chi connectivity index (χ1v) is 8.86. The number of nitrogen functional groups attached to an aromatic ring is 1. The summed E-state index contributed by atoms with van der Waals surface area (Å²) in [7, 11) is 1.24. The first-order chi connectivity index (χ1) is 13.2. The normalized spacial score (nSPS) is 17.2. The number of alkyl halides is 3. The number of nitrogens with zero attached hydrogens (tertiary/aromatic N) is 1. The zero-order chi connectivity index (χ0) is 20.5. The lowest BCUT2D eigenvalue weighted by molar-refractivity contribution is -0.137. The molecule has 0 radical (unpaired) electrons. The Balaban J connectivity index is 2.09. The Labute approximate surface area is 165 Å². The molecule has 1 atom stereocenters. The van der Waals surface area contributed by atoms with Gasteiger partial charge in [0, 0.05) is 22.8 Å². The zero-order valence-corrected chi connectivity index (χ0v) is 15.7. The minimum absolute atomic E-state index is 0.269. The molecule has 148 valence electrons. The summed E-state index contributed by atoms with van der Waals surface area (Å²) < 4.78 is 44.2. The molecule has 0 spiro atoms. The van der Waals surface area contributed by atoms with Gasteiger partial charge in [-0.25, -0.2) is 4.79 Å². The number of hydrogen-bond acceptors (Lipinski definition) is 3. The van der Waals surface area contributed by atoms with Crippen LogP contribution >= 0.6 is 11.6 Å². The van der Waals surface area contributed by atoms with Crippen LogP contribution in [0.15, 0.2) is 48.5 Å². The Kier molecular flexibility index (Phi) is 5.56. The van der Waals surface area contributed by atoms with Gasteiger partial charge < -0.3 is 10.5 Å². The van der Waals surface area contributed by atoms with Crippen molar-refractivity contribution in [1.29, 1.82) is 0 Å². The summed E-state index contributed by atoms with van der Waals surface area (Å²) in [6.07, 6.45) is -2.89. The standard InChI is InChI=1S/C20H18ClF3N2O2/c1-28-19(27)26-8-7-12(16-11-15(21)5-6-17(16)25)10-18(26)13-3-2-4-14(9-13)20(22,23)24/h2-6,9-11,18H,7-8,25H2,1H3. The minimum atomic E-state index is -4.48. The lowest BCUT2D eigenvalue weighted by Gasteiger charge is -2.34. The molecule has 0 saturated heterocycles. The van der Waals surface area contributed by atoms with Crippen molar-refractivity contribution in [2.75, 3.05) is 19.4 Å². The Morgan fingerprint density at radius 3 is 2.68 bits per heavy atom. The quantitative estimate of drug-likeness (QED) is 0.661. The molecule has 2 aromatic rings. The second-order valence-electron chi connectivity index (χ2n) is 6.40. The van der Waals surface area contributed by atoms with Crippen LogP contribution in [0, 0.1) is 0 Å². The molecule has 2 N–H and O–H groups in total. The summed E-state index contributed by atoms with van der Waals surface area (Å²) in [4.78, 5) is 13.6. The molecule has 28 heavy (non-hydrogen) atoms. The number of carbonyl (C=O) groups excluding carboxylic acids is 1. The SMILES string of the molecule is COC(=O)N1CCC(c2cc(Cl)ccc2N)=CC1c1cccc(C(F)(F)F)c1. The van der Waals surface area contributed by atoms with Gasteiger partial charge in [-0.2, -0.15) is 13.2 Å². The Hall–Kier alpha value is -2.67. The maximum atomic E-state index is 13.1. The molecular weight excluding hydrogens is 393 g/mol. The van der Waals surface area contributed by atoms with E-state index in [1.807, 2.05) is 0 Å². The molecule has 8 heteroatoms. The largest absolute Gasteiger partial charge is 0.453 e. The van der Waals surface area contributed by atoms with Crippen LogP contribution in [0.3, 0.4) is 0 Å². The topological polar surface area (TPSA) is 55.6 Å². The fourth-order valence-corrected chi connectivity index (χ4v) is 3.44. The van der Waals surface area contributed by atoms with Crippen LogP contribution in [0.4, 0.5) is 23.7 Å². The van der Waals surface area contributed by atoms with E-state index in [2.05, 4.69) is 0 Å². The number of halogens is 4. The second kappa shape index (κ2) is 7.75. The summed E-state index contributed by atoms with van der Waals surface area (Å²) >= 11 is 6.07. The number of ether oxygens (including phenoxy) is 1. The second-order valence-corrected chi connectivity index (χ2v) is 6.84. The smallest absolute Gasteiger partial charge is 0.416 e. The number of hydrogen-bond donors (Lipinski definition) is 1. The van der Waals surface area contributed by atoms with Crippen LogP contribution < -0.4 is 5.73 Å². The fraction of sp³-hybridized carbons (Fsp3) is 0.250. The Morgan fingerprint density at radius 1 is 1.25 bits per heavy atom.